The lowest BCUT2D eigenvalue weighted by Crippen LogP contribution is -2.26. The Labute approximate surface area is 197 Å². The minimum Gasteiger partial charge on any atom is -0.439 e. The fourth-order valence-electron chi connectivity index (χ4n) is 4.36. The molecule has 1 aromatic carbocycles. The highest BCUT2D eigenvalue weighted by Gasteiger charge is 2.30. The third-order valence-electron chi connectivity index (χ3n) is 5.97. The lowest BCUT2D eigenvalue weighted by atomic mass is 10.0. The number of hydrogen-bond donors (Lipinski definition) is 1. The number of benzene rings is 1. The molecule has 8 nitrogen and oxygen atoms in total. The van der Waals surface area contributed by atoms with Gasteiger partial charge in [-0.25, -0.2) is 15.0 Å². The first-order chi connectivity index (χ1) is 16.7. The van der Waals surface area contributed by atoms with Crippen LogP contribution in [0.25, 0.3) is 16.9 Å². The molecule has 0 bridgehead atoms. The van der Waals surface area contributed by atoms with Crippen LogP contribution in [0.2, 0.25) is 0 Å². The number of nitrogens with zero attached hydrogens (tertiary/aromatic N) is 5. The van der Waals surface area contributed by atoms with E-state index in [1.807, 2.05) is 71.8 Å². The van der Waals surface area contributed by atoms with Crippen molar-refractivity contribution in [2.45, 2.75) is 19.3 Å². The van der Waals surface area contributed by atoms with E-state index in [0.29, 0.717) is 24.1 Å². The highest BCUT2D eigenvalue weighted by molar-refractivity contribution is 5.87. The minimum atomic E-state index is 0.0508. The molecular formula is C26H26N6O2. The van der Waals surface area contributed by atoms with E-state index in [1.54, 1.807) is 24.5 Å². The van der Waals surface area contributed by atoms with Crippen LogP contribution in [0.5, 0.6) is 11.6 Å². The minimum absolute atomic E-state index is 0.0508. The quantitative estimate of drug-likeness (QED) is 0.431. The maximum Gasteiger partial charge on any atom is 0.246 e. The first-order valence-corrected chi connectivity index (χ1v) is 11.3. The van der Waals surface area contributed by atoms with E-state index in [4.69, 9.17) is 9.72 Å². The second-order valence-corrected chi connectivity index (χ2v) is 8.12. The van der Waals surface area contributed by atoms with Gasteiger partial charge in [0.25, 0.3) is 0 Å². The van der Waals surface area contributed by atoms with Crippen LogP contribution >= 0.6 is 0 Å². The van der Waals surface area contributed by atoms with Gasteiger partial charge in [0.2, 0.25) is 17.7 Å². The van der Waals surface area contributed by atoms with E-state index in [0.717, 1.165) is 35.6 Å². The molecule has 1 aliphatic rings. The molecule has 5 rings (SSSR count). The van der Waals surface area contributed by atoms with Crippen LogP contribution in [0.15, 0.2) is 73.1 Å². The number of carbonyl (C=O) groups excluding carboxylic acids is 1. The number of amides is 1. The Morgan fingerprint density at radius 2 is 1.97 bits per heavy atom. The topological polar surface area (TPSA) is 84.7 Å². The number of anilines is 1. The molecule has 1 aliphatic heterocycles. The summed E-state index contributed by atoms with van der Waals surface area (Å²) in [5, 5.41) is 3.18. The first-order valence-electron chi connectivity index (χ1n) is 11.3. The molecule has 0 spiro atoms. The lowest BCUT2D eigenvalue weighted by molar-refractivity contribution is -0.125. The van der Waals surface area contributed by atoms with Gasteiger partial charge in [-0.05, 0) is 55.8 Å². The maximum absolute atomic E-state index is 12.4. The average Bonchev–Trinajstić information content (AvgIpc) is 3.51. The smallest absolute Gasteiger partial charge is 0.246 e. The second-order valence-electron chi connectivity index (χ2n) is 8.12. The number of pyridine rings is 1. The van der Waals surface area contributed by atoms with Crippen LogP contribution in [-0.4, -0.2) is 50.3 Å². The molecular weight excluding hydrogens is 428 g/mol. The van der Waals surface area contributed by atoms with Gasteiger partial charge < -0.3 is 15.0 Å². The van der Waals surface area contributed by atoms with Crippen LogP contribution in [0.3, 0.4) is 0 Å². The van der Waals surface area contributed by atoms with Gasteiger partial charge in [0.15, 0.2) is 0 Å². The number of nitrogens with one attached hydrogen (secondary N) is 1. The molecule has 0 radical (unpaired) electrons. The van der Waals surface area contributed by atoms with Crippen molar-refractivity contribution in [2.24, 2.45) is 0 Å². The number of imidazole rings is 1. The van der Waals surface area contributed by atoms with E-state index in [9.17, 15) is 4.79 Å². The van der Waals surface area contributed by atoms with Gasteiger partial charge in [0.1, 0.15) is 11.6 Å². The summed E-state index contributed by atoms with van der Waals surface area (Å²) in [4.78, 5) is 28.0. The third-order valence-corrected chi connectivity index (χ3v) is 5.97. The van der Waals surface area contributed by atoms with Crippen molar-refractivity contribution >= 4 is 17.4 Å². The predicted molar refractivity (Wildman–Crippen MR) is 131 cm³/mol. The summed E-state index contributed by atoms with van der Waals surface area (Å²) in [6, 6.07) is 15.3. The number of ether oxygens (including phenoxy) is 1. The van der Waals surface area contributed by atoms with E-state index in [2.05, 4.69) is 15.3 Å². The Morgan fingerprint density at radius 1 is 1.12 bits per heavy atom. The standard InChI is InChI=1S/C26H26N6O2/c1-3-6-23(33)31-16-13-19(17-31)24-21-12-15-29-26(27-2)32(21)25(30-24)18-8-10-20(11-9-18)34-22-7-4-5-14-28-22/h3-12,14-15,19H,13,16-17H2,1-2H3,(H,27,29)/b6-3-. The van der Waals surface area contributed by atoms with Gasteiger partial charge in [-0.2, -0.15) is 0 Å². The van der Waals surface area contributed by atoms with Crippen molar-refractivity contribution in [2.75, 3.05) is 25.5 Å². The molecule has 1 saturated heterocycles. The Morgan fingerprint density at radius 3 is 2.71 bits per heavy atom. The number of allylic oxidation sites excluding steroid dienone is 1. The second kappa shape index (κ2) is 9.35. The van der Waals surface area contributed by atoms with Crippen LogP contribution in [0, 0.1) is 0 Å². The highest BCUT2D eigenvalue weighted by Crippen LogP contribution is 2.34. The Hall–Kier alpha value is -4.20. The lowest BCUT2D eigenvalue weighted by Gasteiger charge is -2.13. The van der Waals surface area contributed by atoms with E-state index >= 15 is 0 Å². The van der Waals surface area contributed by atoms with E-state index < -0.39 is 0 Å². The van der Waals surface area contributed by atoms with Gasteiger partial charge in [0.05, 0.1) is 11.2 Å². The Balaban J connectivity index is 1.50. The van der Waals surface area contributed by atoms with Crippen molar-refractivity contribution in [3.05, 3.63) is 78.8 Å². The van der Waals surface area contributed by atoms with Crippen molar-refractivity contribution in [3.8, 4) is 23.0 Å². The van der Waals surface area contributed by atoms with Crippen molar-refractivity contribution in [1.82, 2.24) is 24.3 Å². The largest absolute Gasteiger partial charge is 0.439 e. The van der Waals surface area contributed by atoms with Gasteiger partial charge in [-0.3, -0.25) is 9.20 Å². The van der Waals surface area contributed by atoms with Gasteiger partial charge in [-0.15, -0.1) is 0 Å². The molecule has 8 heteroatoms. The fourth-order valence-corrected chi connectivity index (χ4v) is 4.36. The fraction of sp³-hybridized carbons (Fsp3) is 0.231. The molecule has 1 atom stereocenters. The zero-order chi connectivity index (χ0) is 23.5. The summed E-state index contributed by atoms with van der Waals surface area (Å²) in [7, 11) is 1.85. The Bertz CT molecular complexity index is 1330. The molecule has 1 N–H and O–H groups in total. The summed E-state index contributed by atoms with van der Waals surface area (Å²) < 4.78 is 7.88. The first kappa shape index (κ1) is 21.6. The summed E-state index contributed by atoms with van der Waals surface area (Å²) >= 11 is 0. The average molecular weight is 455 g/mol. The zero-order valence-corrected chi connectivity index (χ0v) is 19.2. The number of fused-ring (bicyclic) bond motifs is 1. The van der Waals surface area contributed by atoms with Gasteiger partial charge >= 0.3 is 0 Å². The number of hydrogen-bond acceptors (Lipinski definition) is 6. The summed E-state index contributed by atoms with van der Waals surface area (Å²) in [6.45, 7) is 3.24. The SMILES string of the molecule is C/C=C\C(=O)N1CCC(c2nc(-c3ccc(Oc4ccccn4)cc3)n3c(NC)nccc23)C1. The van der Waals surface area contributed by atoms with Crippen LogP contribution < -0.4 is 10.1 Å². The van der Waals surface area contributed by atoms with Crippen molar-refractivity contribution in [3.63, 3.8) is 0 Å². The number of carbonyl (C=O) groups is 1. The number of likely N-dealkylation sites (tertiary alicyclic amines) is 1. The molecule has 1 unspecified atom stereocenters. The highest BCUT2D eigenvalue weighted by atomic mass is 16.5. The number of aromatic nitrogens is 4. The third kappa shape index (κ3) is 4.10. The van der Waals surface area contributed by atoms with Crippen LogP contribution in [0.4, 0.5) is 5.95 Å². The van der Waals surface area contributed by atoms with Gasteiger partial charge in [-0.1, -0.05) is 12.1 Å². The molecule has 1 fully saturated rings. The summed E-state index contributed by atoms with van der Waals surface area (Å²) in [5.41, 5.74) is 2.92. The number of rotatable bonds is 6. The summed E-state index contributed by atoms with van der Waals surface area (Å²) in [6.07, 6.45) is 7.77. The molecule has 34 heavy (non-hydrogen) atoms. The van der Waals surface area contributed by atoms with Gasteiger partial charge in [0, 0.05) is 50.1 Å². The molecule has 3 aromatic heterocycles. The molecule has 0 aliphatic carbocycles. The molecule has 4 heterocycles. The Kier molecular flexibility index (Phi) is 5.95. The maximum atomic E-state index is 12.4. The molecule has 1 amide bonds. The summed E-state index contributed by atoms with van der Waals surface area (Å²) in [5.74, 6) is 2.96. The van der Waals surface area contributed by atoms with Crippen molar-refractivity contribution in [1.29, 1.82) is 0 Å². The van der Waals surface area contributed by atoms with Crippen molar-refractivity contribution < 1.29 is 9.53 Å². The zero-order valence-electron chi connectivity index (χ0n) is 19.2. The molecule has 172 valence electrons. The molecule has 4 aromatic rings. The predicted octanol–water partition coefficient (Wildman–Crippen LogP) is 4.52. The van der Waals surface area contributed by atoms with E-state index in [1.165, 1.54) is 0 Å². The van der Waals surface area contributed by atoms with E-state index in [-0.39, 0.29) is 11.8 Å². The molecule has 0 saturated carbocycles. The van der Waals surface area contributed by atoms with Crippen LogP contribution in [0.1, 0.15) is 25.0 Å². The monoisotopic (exact) mass is 454 g/mol. The van der Waals surface area contributed by atoms with Crippen LogP contribution in [-0.2, 0) is 4.79 Å². The normalized spacial score (nSPS) is 15.8.